The molecule has 156 valence electrons. The Bertz CT molecular complexity index is 1120. The number of nitrogens with zero attached hydrogens (tertiary/aromatic N) is 2. The maximum absolute atomic E-state index is 16.9. The van der Waals surface area contributed by atoms with Crippen LogP contribution < -0.4 is 5.32 Å². The van der Waals surface area contributed by atoms with E-state index in [-0.39, 0.29) is 28.5 Å². The molecular weight excluding hydrogens is 392 g/mol. The molecule has 2 aromatic rings. The number of hydrogen-bond donors (Lipinski definition) is 1. The molecule has 3 heterocycles. The Kier molecular flexibility index (Phi) is 4.36. The highest BCUT2D eigenvalue weighted by Crippen LogP contribution is 2.49. The lowest BCUT2D eigenvalue weighted by Crippen LogP contribution is -2.50. The van der Waals surface area contributed by atoms with Gasteiger partial charge in [-0.1, -0.05) is 11.6 Å². The van der Waals surface area contributed by atoms with Gasteiger partial charge in [-0.2, -0.15) is 0 Å². The van der Waals surface area contributed by atoms with Crippen molar-refractivity contribution in [1.29, 1.82) is 0 Å². The molecule has 2 aliphatic heterocycles. The molecule has 8 heteroatoms. The maximum Gasteiger partial charge on any atom is 0.258 e. The average molecular weight is 413 g/mol. The molecule has 1 aromatic heterocycles. The van der Waals surface area contributed by atoms with Gasteiger partial charge in [-0.05, 0) is 57.1 Å². The zero-order chi connectivity index (χ0) is 21.0. The molecule has 3 atom stereocenters. The minimum Gasteiger partial charge on any atom is -0.356 e. The Labute approximate surface area is 171 Å². The predicted molar refractivity (Wildman–Crippen MR) is 104 cm³/mol. The van der Waals surface area contributed by atoms with Gasteiger partial charge in [-0.15, -0.1) is 0 Å². The van der Waals surface area contributed by atoms with E-state index in [0.717, 1.165) is 38.4 Å². The van der Waals surface area contributed by atoms with Crippen LogP contribution in [0.1, 0.15) is 31.9 Å². The number of alkyl halides is 1. The highest BCUT2D eigenvalue weighted by atomic mass is 19.1. The average Bonchev–Trinajstić information content (AvgIpc) is 3.28. The van der Waals surface area contributed by atoms with Crippen LogP contribution in [-0.4, -0.2) is 41.0 Å². The number of hydrogen-bond acceptors (Lipinski definition) is 5. The molecule has 1 N–H and O–H groups in total. The van der Waals surface area contributed by atoms with Gasteiger partial charge in [-0.3, -0.25) is 19.8 Å². The molecule has 0 saturated carbocycles. The van der Waals surface area contributed by atoms with Gasteiger partial charge in [0, 0.05) is 34.6 Å². The summed E-state index contributed by atoms with van der Waals surface area (Å²) in [6.45, 7) is 3.47. The fraction of sp³-hybridized carbons (Fsp3) is 0.409. The molecule has 1 aliphatic carbocycles. The van der Waals surface area contributed by atoms with Crippen LogP contribution in [0.3, 0.4) is 0 Å². The summed E-state index contributed by atoms with van der Waals surface area (Å²) >= 11 is 0. The molecule has 1 fully saturated rings. The van der Waals surface area contributed by atoms with Crippen molar-refractivity contribution in [3.63, 3.8) is 0 Å². The second-order valence-electron chi connectivity index (χ2n) is 8.20. The van der Waals surface area contributed by atoms with Crippen LogP contribution >= 0.6 is 0 Å². The van der Waals surface area contributed by atoms with Crippen molar-refractivity contribution in [3.05, 3.63) is 53.0 Å². The molecule has 5 rings (SSSR count). The summed E-state index contributed by atoms with van der Waals surface area (Å²) in [5.74, 6) is -2.56. The number of allylic oxidation sites excluding steroid dienone is 1. The molecule has 1 aromatic carbocycles. The lowest BCUT2D eigenvalue weighted by Gasteiger charge is -2.43. The number of amides is 2. The molecule has 2 amide bonds. The highest BCUT2D eigenvalue weighted by Gasteiger charge is 2.54. The Balaban J connectivity index is 1.67. The lowest BCUT2D eigenvalue weighted by molar-refractivity contribution is -0.124. The molecule has 3 unspecified atom stereocenters. The summed E-state index contributed by atoms with van der Waals surface area (Å²) in [5, 5.41) is 6.58. The zero-order valence-corrected chi connectivity index (χ0v) is 16.5. The van der Waals surface area contributed by atoms with E-state index < -0.39 is 29.2 Å². The van der Waals surface area contributed by atoms with Crippen LogP contribution in [0.4, 0.5) is 8.78 Å². The summed E-state index contributed by atoms with van der Waals surface area (Å²) < 4.78 is 35.7. The van der Waals surface area contributed by atoms with Crippen molar-refractivity contribution in [2.45, 2.75) is 37.9 Å². The van der Waals surface area contributed by atoms with E-state index in [0.29, 0.717) is 5.39 Å². The van der Waals surface area contributed by atoms with E-state index >= 15 is 4.39 Å². The van der Waals surface area contributed by atoms with Crippen molar-refractivity contribution in [1.82, 2.24) is 15.4 Å². The number of aromatic nitrogens is 1. The van der Waals surface area contributed by atoms with Crippen molar-refractivity contribution in [2.24, 2.45) is 5.92 Å². The fourth-order valence-corrected chi connectivity index (χ4v) is 5.02. The third kappa shape index (κ3) is 2.74. The standard InChI is InChI=1S/C22H21F2N3O3/c1-12(27-9-3-2-4-10-27)18-17-15(20(28)25-21(17)29)7-8-22(18,24)19-14-6-5-13(23)11-16(14)30-26-19/h5-8,11-12,18H,2-4,9-10H2,1H3,(H,25,28,29). The fourth-order valence-electron chi connectivity index (χ4n) is 5.02. The van der Waals surface area contributed by atoms with E-state index in [2.05, 4.69) is 15.4 Å². The van der Waals surface area contributed by atoms with Gasteiger partial charge in [0.2, 0.25) is 0 Å². The van der Waals surface area contributed by atoms with E-state index in [9.17, 15) is 14.0 Å². The minimum atomic E-state index is -2.19. The van der Waals surface area contributed by atoms with Gasteiger partial charge in [0.1, 0.15) is 11.5 Å². The number of fused-ring (bicyclic) bond motifs is 1. The van der Waals surface area contributed by atoms with Crippen LogP contribution in [0.2, 0.25) is 0 Å². The zero-order valence-electron chi connectivity index (χ0n) is 16.5. The maximum atomic E-state index is 16.9. The van der Waals surface area contributed by atoms with Gasteiger partial charge >= 0.3 is 0 Å². The molecule has 30 heavy (non-hydrogen) atoms. The van der Waals surface area contributed by atoms with Gasteiger partial charge in [0.15, 0.2) is 11.3 Å². The number of benzene rings is 1. The van der Waals surface area contributed by atoms with Gasteiger partial charge in [0.25, 0.3) is 11.8 Å². The Hall–Kier alpha value is -2.87. The number of piperidine rings is 1. The van der Waals surface area contributed by atoms with Crippen LogP contribution in [0.25, 0.3) is 11.0 Å². The SMILES string of the molecule is CC(C1C2=C(C=CC1(F)c1noc3cc(F)ccc13)C(=O)NC2=O)N1CCCCC1. The third-order valence-electron chi connectivity index (χ3n) is 6.51. The summed E-state index contributed by atoms with van der Waals surface area (Å²) in [4.78, 5) is 27.1. The number of rotatable bonds is 3. The minimum absolute atomic E-state index is 0.0127. The lowest BCUT2D eigenvalue weighted by atomic mass is 9.71. The molecule has 0 bridgehead atoms. The van der Waals surface area contributed by atoms with E-state index in [1.807, 2.05) is 6.92 Å². The first-order valence-corrected chi connectivity index (χ1v) is 10.2. The highest BCUT2D eigenvalue weighted by molar-refractivity contribution is 6.21. The van der Waals surface area contributed by atoms with E-state index in [4.69, 9.17) is 4.52 Å². The number of likely N-dealkylation sites (tertiary alicyclic amines) is 1. The van der Waals surface area contributed by atoms with Crippen LogP contribution in [0.5, 0.6) is 0 Å². The smallest absolute Gasteiger partial charge is 0.258 e. The summed E-state index contributed by atoms with van der Waals surface area (Å²) in [5.41, 5.74) is -1.74. The van der Waals surface area contributed by atoms with Crippen molar-refractivity contribution in [2.75, 3.05) is 13.1 Å². The van der Waals surface area contributed by atoms with Crippen molar-refractivity contribution < 1.29 is 22.9 Å². The number of nitrogens with one attached hydrogen (secondary N) is 1. The molecule has 6 nitrogen and oxygen atoms in total. The summed E-state index contributed by atoms with van der Waals surface area (Å²) in [7, 11) is 0. The number of carbonyl (C=O) groups is 2. The second kappa shape index (κ2) is 6.84. The summed E-state index contributed by atoms with van der Waals surface area (Å²) in [6, 6.07) is 3.44. The first-order chi connectivity index (χ1) is 14.4. The molecular formula is C22H21F2N3O3. The van der Waals surface area contributed by atoms with Crippen LogP contribution in [0.15, 0.2) is 46.0 Å². The topological polar surface area (TPSA) is 75.4 Å². The predicted octanol–water partition coefficient (Wildman–Crippen LogP) is 3.15. The molecule has 1 saturated heterocycles. The summed E-state index contributed by atoms with van der Waals surface area (Å²) in [6.07, 6.45) is 5.74. The third-order valence-corrected chi connectivity index (χ3v) is 6.51. The van der Waals surface area contributed by atoms with Gasteiger partial charge in [0.05, 0.1) is 0 Å². The normalized spacial score (nSPS) is 28.2. The number of imide groups is 1. The van der Waals surface area contributed by atoms with E-state index in [1.54, 1.807) is 0 Å². The molecule has 0 radical (unpaired) electrons. The number of halogens is 2. The van der Waals surface area contributed by atoms with Gasteiger partial charge in [-0.25, -0.2) is 8.78 Å². The second-order valence-corrected chi connectivity index (χ2v) is 8.20. The Morgan fingerprint density at radius 1 is 1.23 bits per heavy atom. The van der Waals surface area contributed by atoms with Crippen LogP contribution in [0, 0.1) is 11.7 Å². The monoisotopic (exact) mass is 413 g/mol. The number of carbonyl (C=O) groups excluding carboxylic acids is 2. The van der Waals surface area contributed by atoms with Crippen LogP contribution in [-0.2, 0) is 15.3 Å². The molecule has 3 aliphatic rings. The van der Waals surface area contributed by atoms with E-state index in [1.165, 1.54) is 24.3 Å². The largest absolute Gasteiger partial charge is 0.356 e. The first-order valence-electron chi connectivity index (χ1n) is 10.2. The van der Waals surface area contributed by atoms with Crippen molar-refractivity contribution >= 4 is 22.8 Å². The van der Waals surface area contributed by atoms with Gasteiger partial charge < -0.3 is 4.52 Å². The molecule has 0 spiro atoms. The first kappa shape index (κ1) is 19.1. The van der Waals surface area contributed by atoms with Crippen molar-refractivity contribution in [3.8, 4) is 0 Å². The quantitative estimate of drug-likeness (QED) is 0.783. The Morgan fingerprint density at radius 2 is 2.00 bits per heavy atom. The Morgan fingerprint density at radius 3 is 2.77 bits per heavy atom.